The van der Waals surface area contributed by atoms with Crippen LogP contribution in [-0.2, 0) is 9.53 Å². The number of nitrogens with zero attached hydrogens (tertiary/aromatic N) is 2. The van der Waals surface area contributed by atoms with Crippen molar-refractivity contribution in [1.82, 2.24) is 9.80 Å². The van der Waals surface area contributed by atoms with Crippen LogP contribution in [0.5, 0.6) is 0 Å². The molecule has 3 unspecified atom stereocenters. The molecule has 0 radical (unpaired) electrons. The number of aliphatic carboxylic acids is 1. The second-order valence-electron chi connectivity index (χ2n) is 5.71. The molecule has 0 aromatic heterocycles. The average Bonchev–Trinajstić information content (AvgIpc) is 2.60. The summed E-state index contributed by atoms with van der Waals surface area (Å²) in [5.41, 5.74) is 0. The molecule has 2 saturated heterocycles. The van der Waals surface area contributed by atoms with Gasteiger partial charge in [-0.25, -0.2) is 4.79 Å². The number of likely N-dealkylation sites (tertiary alicyclic amines) is 1. The van der Waals surface area contributed by atoms with Gasteiger partial charge in [0, 0.05) is 31.8 Å². The number of carboxylic acid groups (broad SMARTS) is 1. The number of ether oxygens (including phenoxy) is 1. The number of rotatable bonds is 6. The van der Waals surface area contributed by atoms with E-state index in [0.717, 1.165) is 25.7 Å². The Balaban J connectivity index is 1.81. The van der Waals surface area contributed by atoms with Gasteiger partial charge in [0.15, 0.2) is 6.10 Å². The molecule has 3 atom stereocenters. The van der Waals surface area contributed by atoms with Gasteiger partial charge in [-0.15, -0.1) is 0 Å². The highest BCUT2D eigenvalue weighted by Gasteiger charge is 2.34. The number of hydrogen-bond acceptors (Lipinski definition) is 4. The van der Waals surface area contributed by atoms with Crippen molar-refractivity contribution in [3.05, 3.63) is 0 Å². The SMILES string of the molecule is CCOC(CCN1CCC2CCC(C1)N2C)C(=O)O. The van der Waals surface area contributed by atoms with Crippen LogP contribution in [0.15, 0.2) is 0 Å². The van der Waals surface area contributed by atoms with Gasteiger partial charge in [0.05, 0.1) is 0 Å². The third kappa shape index (κ3) is 3.68. The largest absolute Gasteiger partial charge is 0.479 e. The molecule has 0 saturated carbocycles. The van der Waals surface area contributed by atoms with Crippen LogP contribution in [0, 0.1) is 0 Å². The first-order chi connectivity index (χ1) is 9.11. The topological polar surface area (TPSA) is 53.0 Å². The minimum Gasteiger partial charge on any atom is -0.479 e. The molecule has 0 aromatic carbocycles. The van der Waals surface area contributed by atoms with Crippen molar-refractivity contribution in [3.8, 4) is 0 Å². The molecule has 2 aliphatic heterocycles. The van der Waals surface area contributed by atoms with Crippen LogP contribution in [0.2, 0.25) is 0 Å². The summed E-state index contributed by atoms with van der Waals surface area (Å²) >= 11 is 0. The summed E-state index contributed by atoms with van der Waals surface area (Å²) in [6.45, 7) is 5.30. The van der Waals surface area contributed by atoms with Crippen LogP contribution in [0.25, 0.3) is 0 Å². The number of carbonyl (C=O) groups is 1. The van der Waals surface area contributed by atoms with Crippen molar-refractivity contribution in [2.75, 3.05) is 33.3 Å². The quantitative estimate of drug-likeness (QED) is 0.781. The maximum absolute atomic E-state index is 11.1. The van der Waals surface area contributed by atoms with E-state index in [1.165, 1.54) is 19.3 Å². The van der Waals surface area contributed by atoms with E-state index >= 15 is 0 Å². The Hall–Kier alpha value is -0.650. The zero-order valence-corrected chi connectivity index (χ0v) is 12.0. The summed E-state index contributed by atoms with van der Waals surface area (Å²) in [5.74, 6) is -0.838. The summed E-state index contributed by atoms with van der Waals surface area (Å²) < 4.78 is 5.27. The van der Waals surface area contributed by atoms with Gasteiger partial charge in [-0.3, -0.25) is 4.90 Å². The summed E-state index contributed by atoms with van der Waals surface area (Å²) in [5, 5.41) is 9.08. The first-order valence-corrected chi connectivity index (χ1v) is 7.40. The molecule has 2 rings (SSSR count). The van der Waals surface area contributed by atoms with Gasteiger partial charge >= 0.3 is 5.97 Å². The van der Waals surface area contributed by atoms with Crippen LogP contribution < -0.4 is 0 Å². The first-order valence-electron chi connectivity index (χ1n) is 7.40. The predicted molar refractivity (Wildman–Crippen MR) is 73.3 cm³/mol. The van der Waals surface area contributed by atoms with E-state index in [1.54, 1.807) is 0 Å². The lowest BCUT2D eigenvalue weighted by Gasteiger charge is -2.26. The third-order valence-corrected chi connectivity index (χ3v) is 4.58. The van der Waals surface area contributed by atoms with E-state index in [2.05, 4.69) is 16.8 Å². The highest BCUT2D eigenvalue weighted by molar-refractivity contribution is 5.72. The highest BCUT2D eigenvalue weighted by atomic mass is 16.5. The van der Waals surface area contributed by atoms with E-state index in [4.69, 9.17) is 9.84 Å². The van der Waals surface area contributed by atoms with Crippen molar-refractivity contribution in [3.63, 3.8) is 0 Å². The highest BCUT2D eigenvalue weighted by Crippen LogP contribution is 2.28. The van der Waals surface area contributed by atoms with Crippen LogP contribution in [0.3, 0.4) is 0 Å². The predicted octanol–water partition coefficient (Wildman–Crippen LogP) is 1.03. The Labute approximate surface area is 115 Å². The number of hydrogen-bond donors (Lipinski definition) is 1. The van der Waals surface area contributed by atoms with Crippen LogP contribution in [0.4, 0.5) is 0 Å². The minimum atomic E-state index is -0.838. The van der Waals surface area contributed by atoms with Crippen molar-refractivity contribution >= 4 is 5.97 Å². The van der Waals surface area contributed by atoms with Crippen LogP contribution in [0.1, 0.15) is 32.6 Å². The average molecular weight is 270 g/mol. The number of likely N-dealkylation sites (N-methyl/N-ethyl adjacent to an activating group) is 1. The Kier molecular flexibility index (Phi) is 5.19. The van der Waals surface area contributed by atoms with E-state index in [9.17, 15) is 4.79 Å². The fourth-order valence-electron chi connectivity index (χ4n) is 3.36. The molecule has 5 nitrogen and oxygen atoms in total. The molecule has 2 bridgehead atoms. The molecule has 5 heteroatoms. The van der Waals surface area contributed by atoms with E-state index in [0.29, 0.717) is 19.1 Å². The number of fused-ring (bicyclic) bond motifs is 2. The first kappa shape index (κ1) is 14.8. The van der Waals surface area contributed by atoms with Gasteiger partial charge in [-0.05, 0) is 46.2 Å². The van der Waals surface area contributed by atoms with E-state index < -0.39 is 12.1 Å². The van der Waals surface area contributed by atoms with Gasteiger partial charge in [0.1, 0.15) is 0 Å². The monoisotopic (exact) mass is 270 g/mol. The Morgan fingerprint density at radius 2 is 2.11 bits per heavy atom. The standard InChI is InChI=1S/C14H26N2O3/c1-3-19-13(14(17)18)7-9-16-8-6-11-4-5-12(10-16)15(11)2/h11-13H,3-10H2,1-2H3,(H,17,18). The second kappa shape index (κ2) is 6.68. The maximum Gasteiger partial charge on any atom is 0.332 e. The molecular formula is C14H26N2O3. The Morgan fingerprint density at radius 1 is 1.37 bits per heavy atom. The van der Waals surface area contributed by atoms with Gasteiger partial charge < -0.3 is 14.7 Å². The molecule has 110 valence electrons. The molecule has 2 fully saturated rings. The molecule has 0 aromatic rings. The molecule has 0 amide bonds. The van der Waals surface area contributed by atoms with Crippen molar-refractivity contribution in [2.24, 2.45) is 0 Å². The normalized spacial score (nSPS) is 30.2. The van der Waals surface area contributed by atoms with Crippen LogP contribution >= 0.6 is 0 Å². The molecule has 19 heavy (non-hydrogen) atoms. The molecule has 0 spiro atoms. The van der Waals surface area contributed by atoms with Gasteiger partial charge in [0.2, 0.25) is 0 Å². The van der Waals surface area contributed by atoms with Crippen LogP contribution in [-0.4, -0.2) is 72.4 Å². The van der Waals surface area contributed by atoms with Crippen molar-refractivity contribution < 1.29 is 14.6 Å². The van der Waals surface area contributed by atoms with Crippen molar-refractivity contribution in [2.45, 2.75) is 50.8 Å². The fourth-order valence-corrected chi connectivity index (χ4v) is 3.36. The lowest BCUT2D eigenvalue weighted by atomic mass is 10.1. The summed E-state index contributed by atoms with van der Waals surface area (Å²) in [6.07, 6.45) is 3.75. The van der Waals surface area contributed by atoms with E-state index in [1.807, 2.05) is 6.92 Å². The van der Waals surface area contributed by atoms with E-state index in [-0.39, 0.29) is 0 Å². The second-order valence-corrected chi connectivity index (χ2v) is 5.71. The lowest BCUT2D eigenvalue weighted by Crippen LogP contribution is -2.38. The smallest absolute Gasteiger partial charge is 0.332 e. The van der Waals surface area contributed by atoms with Gasteiger partial charge in [-0.1, -0.05) is 0 Å². The molecule has 1 N–H and O–H groups in total. The summed E-state index contributed by atoms with van der Waals surface area (Å²) in [4.78, 5) is 16.0. The zero-order valence-electron chi connectivity index (χ0n) is 12.0. The van der Waals surface area contributed by atoms with Crippen molar-refractivity contribution in [1.29, 1.82) is 0 Å². The van der Waals surface area contributed by atoms with Gasteiger partial charge in [0.25, 0.3) is 0 Å². The zero-order chi connectivity index (χ0) is 13.8. The maximum atomic E-state index is 11.1. The molecule has 2 aliphatic rings. The summed E-state index contributed by atoms with van der Waals surface area (Å²) in [7, 11) is 2.23. The molecule has 0 aliphatic carbocycles. The minimum absolute atomic E-state index is 0.463. The summed E-state index contributed by atoms with van der Waals surface area (Å²) in [6, 6.07) is 1.39. The molecule has 2 heterocycles. The Morgan fingerprint density at radius 3 is 2.79 bits per heavy atom. The molecular weight excluding hydrogens is 244 g/mol. The third-order valence-electron chi connectivity index (χ3n) is 4.58. The fraction of sp³-hybridized carbons (Fsp3) is 0.929. The lowest BCUT2D eigenvalue weighted by molar-refractivity contribution is -0.150. The Bertz CT molecular complexity index is 311. The number of carboxylic acids is 1. The van der Waals surface area contributed by atoms with Gasteiger partial charge in [-0.2, -0.15) is 0 Å².